The van der Waals surface area contributed by atoms with E-state index >= 15 is 0 Å². The van der Waals surface area contributed by atoms with Crippen molar-refractivity contribution in [1.82, 2.24) is 5.32 Å². The maximum atomic E-state index is 11.7. The van der Waals surface area contributed by atoms with Gasteiger partial charge in [0.25, 0.3) is 11.6 Å². The zero-order valence-corrected chi connectivity index (χ0v) is 12.3. The molecule has 0 heterocycles. The zero-order chi connectivity index (χ0) is 15.1. The quantitative estimate of drug-likeness (QED) is 0.456. The van der Waals surface area contributed by atoms with Crippen LogP contribution < -0.4 is 5.32 Å². The Hall–Kier alpha value is -1.60. The summed E-state index contributed by atoms with van der Waals surface area (Å²) in [5.74, 6) is 0.316. The van der Waals surface area contributed by atoms with Gasteiger partial charge in [0, 0.05) is 30.5 Å². The number of nitrogens with one attached hydrogen (secondary N) is 1. The number of aliphatic hydroxyl groups is 1. The Bertz CT molecular complexity index is 493. The first-order chi connectivity index (χ1) is 9.49. The van der Waals surface area contributed by atoms with Gasteiger partial charge in [0.05, 0.1) is 9.82 Å². The van der Waals surface area contributed by atoms with Gasteiger partial charge in [-0.25, -0.2) is 0 Å². The van der Waals surface area contributed by atoms with Crippen molar-refractivity contribution < 1.29 is 14.8 Å². The van der Waals surface area contributed by atoms with Crippen LogP contribution in [0.5, 0.6) is 0 Å². The number of nitro benzene ring substituents is 1. The van der Waals surface area contributed by atoms with Crippen molar-refractivity contribution in [2.45, 2.75) is 18.7 Å². The Balaban J connectivity index is 2.96. The Labute approximate surface area is 121 Å². The first kappa shape index (κ1) is 16.5. The number of carbonyl (C=O) groups excluding carboxylic acids is 1. The Morgan fingerprint density at radius 2 is 2.25 bits per heavy atom. The third-order valence-corrected chi connectivity index (χ3v) is 3.98. The number of nitrogens with zero attached hydrogens (tertiary/aromatic N) is 1. The number of hydrogen-bond acceptors (Lipinski definition) is 5. The predicted molar refractivity (Wildman–Crippen MR) is 78.1 cm³/mol. The van der Waals surface area contributed by atoms with E-state index in [-0.39, 0.29) is 29.7 Å². The van der Waals surface area contributed by atoms with Crippen LogP contribution in [0.25, 0.3) is 0 Å². The number of amides is 1. The smallest absolute Gasteiger partial charge is 0.283 e. The lowest BCUT2D eigenvalue weighted by Gasteiger charge is -2.08. The van der Waals surface area contributed by atoms with E-state index in [1.54, 1.807) is 19.1 Å². The Kier molecular flexibility index (Phi) is 6.47. The predicted octanol–water partition coefficient (Wildman–Crippen LogP) is 2.06. The van der Waals surface area contributed by atoms with Gasteiger partial charge in [-0.3, -0.25) is 14.9 Å². The van der Waals surface area contributed by atoms with Crippen LogP contribution in [-0.2, 0) is 0 Å². The third-order valence-electron chi connectivity index (χ3n) is 2.59. The third kappa shape index (κ3) is 4.50. The summed E-state index contributed by atoms with van der Waals surface area (Å²) < 4.78 is 0. The standard InChI is InChI=1S/C13H18N2O4S/c1-3-14-13(17)10-4-5-12(11(6-10)15(18)19)20-8-9(2)7-16/h4-6,9,16H,3,7-8H2,1-2H3,(H,14,17). The lowest BCUT2D eigenvalue weighted by molar-refractivity contribution is -0.387. The molecule has 0 spiro atoms. The summed E-state index contributed by atoms with van der Waals surface area (Å²) in [6, 6.07) is 4.44. The summed E-state index contributed by atoms with van der Waals surface area (Å²) in [6.45, 7) is 4.16. The van der Waals surface area contributed by atoms with E-state index in [1.807, 2.05) is 6.92 Å². The average molecular weight is 298 g/mol. The van der Waals surface area contributed by atoms with Gasteiger partial charge in [-0.1, -0.05) is 6.92 Å². The van der Waals surface area contributed by atoms with Gasteiger partial charge >= 0.3 is 0 Å². The largest absolute Gasteiger partial charge is 0.396 e. The van der Waals surface area contributed by atoms with Gasteiger partial charge in [-0.05, 0) is 25.0 Å². The molecule has 0 aromatic heterocycles. The molecule has 20 heavy (non-hydrogen) atoms. The van der Waals surface area contributed by atoms with Crippen molar-refractivity contribution >= 4 is 23.4 Å². The number of thioether (sulfide) groups is 1. The van der Waals surface area contributed by atoms with Crippen LogP contribution in [0.2, 0.25) is 0 Å². The molecule has 1 atom stereocenters. The molecule has 0 radical (unpaired) electrons. The fourth-order valence-electron chi connectivity index (χ4n) is 1.47. The van der Waals surface area contributed by atoms with E-state index in [4.69, 9.17) is 5.11 Å². The van der Waals surface area contributed by atoms with Crippen LogP contribution in [0.15, 0.2) is 23.1 Å². The van der Waals surface area contributed by atoms with E-state index in [0.29, 0.717) is 17.2 Å². The molecular weight excluding hydrogens is 280 g/mol. The highest BCUT2D eigenvalue weighted by Gasteiger charge is 2.18. The summed E-state index contributed by atoms with van der Waals surface area (Å²) in [7, 11) is 0. The van der Waals surface area contributed by atoms with Crippen molar-refractivity contribution in [3.8, 4) is 0 Å². The molecule has 1 aromatic rings. The fourth-order valence-corrected chi connectivity index (χ4v) is 2.49. The zero-order valence-electron chi connectivity index (χ0n) is 11.5. The molecule has 1 unspecified atom stereocenters. The molecule has 1 rings (SSSR count). The van der Waals surface area contributed by atoms with Crippen LogP contribution >= 0.6 is 11.8 Å². The molecule has 2 N–H and O–H groups in total. The molecule has 0 aliphatic heterocycles. The molecule has 0 saturated heterocycles. The van der Waals surface area contributed by atoms with Gasteiger partial charge in [0.15, 0.2) is 0 Å². The van der Waals surface area contributed by atoms with Crippen LogP contribution in [0.1, 0.15) is 24.2 Å². The molecule has 0 bridgehead atoms. The Morgan fingerprint density at radius 3 is 2.80 bits per heavy atom. The number of nitro groups is 1. The highest BCUT2D eigenvalue weighted by atomic mass is 32.2. The highest BCUT2D eigenvalue weighted by Crippen LogP contribution is 2.31. The molecule has 110 valence electrons. The summed E-state index contributed by atoms with van der Waals surface area (Å²) in [5.41, 5.74) is 0.196. The number of hydrogen-bond donors (Lipinski definition) is 2. The van der Waals surface area contributed by atoms with E-state index < -0.39 is 4.92 Å². The number of rotatable bonds is 7. The molecule has 0 aliphatic rings. The monoisotopic (exact) mass is 298 g/mol. The van der Waals surface area contributed by atoms with Crippen molar-refractivity contribution in [2.24, 2.45) is 5.92 Å². The van der Waals surface area contributed by atoms with E-state index in [1.165, 1.54) is 17.8 Å². The van der Waals surface area contributed by atoms with Crippen molar-refractivity contribution in [1.29, 1.82) is 0 Å². The molecule has 0 fully saturated rings. The van der Waals surface area contributed by atoms with Gasteiger partial charge in [-0.2, -0.15) is 0 Å². The molecular formula is C13H18N2O4S. The van der Waals surface area contributed by atoms with Gasteiger partial charge in [-0.15, -0.1) is 11.8 Å². The van der Waals surface area contributed by atoms with Crippen LogP contribution in [0, 0.1) is 16.0 Å². The summed E-state index contributed by atoms with van der Waals surface area (Å²) in [5, 5.41) is 22.7. The molecule has 7 heteroatoms. The second-order valence-corrected chi connectivity index (χ2v) is 5.46. The van der Waals surface area contributed by atoms with Crippen LogP contribution in [0.4, 0.5) is 5.69 Å². The molecule has 0 saturated carbocycles. The lowest BCUT2D eigenvalue weighted by atomic mass is 10.2. The average Bonchev–Trinajstić information content (AvgIpc) is 2.44. The van der Waals surface area contributed by atoms with Crippen LogP contribution in [0.3, 0.4) is 0 Å². The van der Waals surface area contributed by atoms with Gasteiger partial charge in [0.1, 0.15) is 0 Å². The molecule has 1 aromatic carbocycles. The topological polar surface area (TPSA) is 92.5 Å². The van der Waals surface area contributed by atoms with Crippen molar-refractivity contribution in [3.63, 3.8) is 0 Å². The summed E-state index contributed by atoms with van der Waals surface area (Å²) in [6.07, 6.45) is 0. The normalized spacial score (nSPS) is 11.9. The minimum atomic E-state index is -0.491. The SMILES string of the molecule is CCNC(=O)c1ccc(SCC(C)CO)c([N+](=O)[O-])c1. The minimum absolute atomic E-state index is 0.0395. The second-order valence-electron chi connectivity index (χ2n) is 4.40. The number of aliphatic hydroxyl groups excluding tert-OH is 1. The van der Waals surface area contributed by atoms with E-state index in [2.05, 4.69) is 5.32 Å². The first-order valence-electron chi connectivity index (χ1n) is 6.29. The van der Waals surface area contributed by atoms with Crippen molar-refractivity contribution in [3.05, 3.63) is 33.9 Å². The fraction of sp³-hybridized carbons (Fsp3) is 0.462. The van der Waals surface area contributed by atoms with Crippen LogP contribution in [-0.4, -0.2) is 34.8 Å². The number of benzene rings is 1. The maximum absolute atomic E-state index is 11.7. The first-order valence-corrected chi connectivity index (χ1v) is 7.28. The lowest BCUT2D eigenvalue weighted by Crippen LogP contribution is -2.22. The molecule has 0 aliphatic carbocycles. The van der Waals surface area contributed by atoms with Gasteiger partial charge < -0.3 is 10.4 Å². The molecule has 6 nitrogen and oxygen atoms in total. The second kappa shape index (κ2) is 7.86. The summed E-state index contributed by atoms with van der Waals surface area (Å²) in [4.78, 5) is 22.8. The Morgan fingerprint density at radius 1 is 1.55 bits per heavy atom. The highest BCUT2D eigenvalue weighted by molar-refractivity contribution is 7.99. The van der Waals surface area contributed by atoms with Crippen molar-refractivity contribution in [2.75, 3.05) is 18.9 Å². The minimum Gasteiger partial charge on any atom is -0.396 e. The maximum Gasteiger partial charge on any atom is 0.283 e. The van der Waals surface area contributed by atoms with E-state index in [0.717, 1.165) is 0 Å². The summed E-state index contributed by atoms with van der Waals surface area (Å²) >= 11 is 1.31. The van der Waals surface area contributed by atoms with E-state index in [9.17, 15) is 14.9 Å². The van der Waals surface area contributed by atoms with Gasteiger partial charge in [0.2, 0.25) is 0 Å². The number of carbonyl (C=O) groups is 1. The molecule has 1 amide bonds.